The van der Waals surface area contributed by atoms with E-state index in [0.717, 1.165) is 29.7 Å². The molecule has 2 N–H and O–H groups in total. The van der Waals surface area contributed by atoms with Crippen molar-refractivity contribution in [3.8, 4) is 0 Å². The molecule has 1 fully saturated rings. The molecule has 0 bridgehead atoms. The Bertz CT molecular complexity index is 748. The number of carbonyl (C=O) groups is 2. The summed E-state index contributed by atoms with van der Waals surface area (Å²) < 4.78 is 0. The molecule has 2 amide bonds. The largest absolute Gasteiger partial charge is 0.352 e. The van der Waals surface area contributed by atoms with Crippen LogP contribution in [0.2, 0.25) is 0 Å². The smallest absolute Gasteiger partial charge is 0.251 e. The van der Waals surface area contributed by atoms with Gasteiger partial charge in [-0.25, -0.2) is 0 Å². The van der Waals surface area contributed by atoms with Crippen LogP contribution in [0.5, 0.6) is 0 Å². The molecule has 2 aromatic rings. The fourth-order valence-electron chi connectivity index (χ4n) is 3.00. The lowest BCUT2D eigenvalue weighted by Gasteiger charge is -2.18. The third-order valence-electron chi connectivity index (χ3n) is 4.47. The van der Waals surface area contributed by atoms with E-state index in [1.807, 2.05) is 29.6 Å². The average molecular weight is 312 g/mol. The third kappa shape index (κ3) is 2.13. The van der Waals surface area contributed by atoms with Crippen LogP contribution in [-0.4, -0.2) is 18.4 Å². The minimum absolute atomic E-state index is 0.0334. The van der Waals surface area contributed by atoms with Crippen molar-refractivity contribution in [2.24, 2.45) is 0 Å². The van der Waals surface area contributed by atoms with Crippen LogP contribution in [-0.2, 0) is 16.6 Å². The zero-order chi connectivity index (χ0) is 15.2. The molecular weight excluding hydrogens is 296 g/mol. The molecule has 1 aliphatic heterocycles. The minimum Gasteiger partial charge on any atom is -0.352 e. The molecule has 4 rings (SSSR count). The maximum Gasteiger partial charge on any atom is 0.251 e. The quantitative estimate of drug-likeness (QED) is 0.915. The maximum absolute atomic E-state index is 12.6. The van der Waals surface area contributed by atoms with Crippen molar-refractivity contribution in [3.63, 3.8) is 0 Å². The summed E-state index contributed by atoms with van der Waals surface area (Å²) in [6.07, 6.45) is 2.63. The number of amides is 2. The number of carbonyl (C=O) groups excluding carboxylic acids is 2. The second-order valence-corrected chi connectivity index (χ2v) is 6.84. The van der Waals surface area contributed by atoms with Gasteiger partial charge in [-0.3, -0.25) is 9.59 Å². The summed E-state index contributed by atoms with van der Waals surface area (Å²) in [5.41, 5.74) is 2.06. The van der Waals surface area contributed by atoms with E-state index in [4.69, 9.17) is 0 Å². The molecule has 4 nitrogen and oxygen atoms in total. The highest BCUT2D eigenvalue weighted by molar-refractivity contribution is 7.10. The Morgan fingerprint density at radius 3 is 2.86 bits per heavy atom. The number of nitrogens with one attached hydrogen (secondary N) is 2. The Hall–Kier alpha value is -2.14. The van der Waals surface area contributed by atoms with Crippen molar-refractivity contribution in [1.29, 1.82) is 0 Å². The lowest BCUT2D eigenvalue weighted by molar-refractivity contribution is -0.118. The van der Waals surface area contributed by atoms with Crippen molar-refractivity contribution in [2.75, 3.05) is 11.9 Å². The topological polar surface area (TPSA) is 58.2 Å². The fourth-order valence-corrected chi connectivity index (χ4v) is 3.98. The average Bonchev–Trinajstić information content (AvgIpc) is 3.15. The molecule has 22 heavy (non-hydrogen) atoms. The predicted molar refractivity (Wildman–Crippen MR) is 86.3 cm³/mol. The summed E-state index contributed by atoms with van der Waals surface area (Å²) in [6.45, 7) is 0.680. The third-order valence-corrected chi connectivity index (χ3v) is 5.54. The van der Waals surface area contributed by atoms with E-state index in [1.54, 1.807) is 17.4 Å². The molecule has 2 heterocycles. The molecule has 0 atom stereocenters. The second-order valence-electron chi connectivity index (χ2n) is 5.89. The Morgan fingerprint density at radius 2 is 2.14 bits per heavy atom. The number of thiophene rings is 1. The summed E-state index contributed by atoms with van der Waals surface area (Å²) in [6, 6.07) is 9.62. The van der Waals surface area contributed by atoms with Gasteiger partial charge in [-0.2, -0.15) is 0 Å². The van der Waals surface area contributed by atoms with Gasteiger partial charge in [-0.1, -0.05) is 12.1 Å². The summed E-state index contributed by atoms with van der Waals surface area (Å²) >= 11 is 1.63. The maximum atomic E-state index is 12.6. The predicted octanol–water partition coefficient (Wildman–Crippen LogP) is 2.70. The zero-order valence-electron chi connectivity index (χ0n) is 12.0. The van der Waals surface area contributed by atoms with Crippen molar-refractivity contribution in [1.82, 2.24) is 5.32 Å². The minimum atomic E-state index is -0.355. The number of rotatable bonds is 3. The first-order valence-electron chi connectivity index (χ1n) is 7.46. The van der Waals surface area contributed by atoms with Crippen LogP contribution in [0.25, 0.3) is 0 Å². The normalized spacial score (nSPS) is 18.3. The first kappa shape index (κ1) is 13.5. The molecule has 0 radical (unpaired) electrons. The first-order valence-corrected chi connectivity index (χ1v) is 8.34. The van der Waals surface area contributed by atoms with Gasteiger partial charge >= 0.3 is 0 Å². The molecule has 2 aliphatic rings. The van der Waals surface area contributed by atoms with Gasteiger partial charge in [0.15, 0.2) is 0 Å². The standard InChI is InChI=1S/C17H16N2O2S/c20-15-13-10-12(4-3-11(13)5-8-18-15)19-16(21)17(6-7-17)14-2-1-9-22-14/h1-4,9-10H,5-8H2,(H,18,20)(H,19,21). The lowest BCUT2D eigenvalue weighted by atomic mass is 9.99. The molecule has 5 heteroatoms. The van der Waals surface area contributed by atoms with Gasteiger partial charge in [0.1, 0.15) is 0 Å². The van der Waals surface area contributed by atoms with Gasteiger partial charge in [-0.15, -0.1) is 11.3 Å². The molecule has 1 aromatic carbocycles. The number of benzene rings is 1. The highest BCUT2D eigenvalue weighted by Gasteiger charge is 2.52. The van der Waals surface area contributed by atoms with E-state index in [2.05, 4.69) is 10.6 Å². The highest BCUT2D eigenvalue weighted by atomic mass is 32.1. The molecule has 1 aliphatic carbocycles. The van der Waals surface area contributed by atoms with Gasteiger partial charge in [0.05, 0.1) is 5.41 Å². The highest BCUT2D eigenvalue weighted by Crippen LogP contribution is 2.50. The molecule has 1 aromatic heterocycles. The summed E-state index contributed by atoms with van der Waals surface area (Å²) in [5, 5.41) is 7.83. The fraction of sp³-hybridized carbons (Fsp3) is 0.294. The number of fused-ring (bicyclic) bond motifs is 1. The lowest BCUT2D eigenvalue weighted by Crippen LogP contribution is -2.32. The van der Waals surface area contributed by atoms with Crippen LogP contribution in [0.3, 0.4) is 0 Å². The molecule has 0 spiro atoms. The van der Waals surface area contributed by atoms with E-state index in [-0.39, 0.29) is 17.2 Å². The van der Waals surface area contributed by atoms with Crippen LogP contribution < -0.4 is 10.6 Å². The van der Waals surface area contributed by atoms with Crippen LogP contribution in [0, 0.1) is 0 Å². The van der Waals surface area contributed by atoms with Crippen LogP contribution in [0.15, 0.2) is 35.7 Å². The Labute approximate surface area is 132 Å². The molecule has 1 saturated carbocycles. The van der Waals surface area contributed by atoms with Crippen molar-refractivity contribution >= 4 is 28.8 Å². The van der Waals surface area contributed by atoms with E-state index in [1.165, 1.54) is 0 Å². The summed E-state index contributed by atoms with van der Waals surface area (Å²) in [7, 11) is 0. The van der Waals surface area contributed by atoms with Gasteiger partial charge in [0, 0.05) is 22.7 Å². The molecule has 0 saturated heterocycles. The van der Waals surface area contributed by atoms with E-state index in [9.17, 15) is 9.59 Å². The number of hydrogen-bond donors (Lipinski definition) is 2. The number of hydrogen-bond acceptors (Lipinski definition) is 3. The van der Waals surface area contributed by atoms with Crippen LogP contribution in [0.4, 0.5) is 5.69 Å². The van der Waals surface area contributed by atoms with Gasteiger partial charge in [0.2, 0.25) is 5.91 Å². The van der Waals surface area contributed by atoms with Crippen LogP contribution in [0.1, 0.15) is 33.6 Å². The number of anilines is 1. The Kier molecular flexibility index (Phi) is 3.04. The van der Waals surface area contributed by atoms with Gasteiger partial charge in [0.25, 0.3) is 5.91 Å². The zero-order valence-corrected chi connectivity index (χ0v) is 12.8. The van der Waals surface area contributed by atoms with E-state index in [0.29, 0.717) is 17.8 Å². The van der Waals surface area contributed by atoms with Crippen molar-refractivity contribution < 1.29 is 9.59 Å². The summed E-state index contributed by atoms with van der Waals surface area (Å²) in [5.74, 6) is -0.0251. The molecular formula is C17H16N2O2S. The van der Waals surface area contributed by atoms with E-state index < -0.39 is 0 Å². The van der Waals surface area contributed by atoms with Gasteiger partial charge in [-0.05, 0) is 48.4 Å². The summed E-state index contributed by atoms with van der Waals surface area (Å²) in [4.78, 5) is 25.7. The molecule has 0 unspecified atom stereocenters. The second kappa shape index (κ2) is 4.95. The first-order chi connectivity index (χ1) is 10.7. The molecule has 112 valence electrons. The monoisotopic (exact) mass is 312 g/mol. The van der Waals surface area contributed by atoms with Crippen molar-refractivity contribution in [3.05, 3.63) is 51.7 Å². The van der Waals surface area contributed by atoms with Gasteiger partial charge < -0.3 is 10.6 Å². The Balaban J connectivity index is 1.58. The van der Waals surface area contributed by atoms with Crippen molar-refractivity contribution in [2.45, 2.75) is 24.7 Å². The Morgan fingerprint density at radius 1 is 1.27 bits per heavy atom. The van der Waals surface area contributed by atoms with E-state index >= 15 is 0 Å². The SMILES string of the molecule is O=C1NCCc2ccc(NC(=O)C3(c4cccs4)CC3)cc21. The van der Waals surface area contributed by atoms with Crippen LogP contribution >= 0.6 is 11.3 Å².